The molecule has 0 atom stereocenters. The van der Waals surface area contributed by atoms with Gasteiger partial charge < -0.3 is 5.11 Å². The topological polar surface area (TPSA) is 37.3 Å². The summed E-state index contributed by atoms with van der Waals surface area (Å²) in [4.78, 5) is 9.77. The third kappa shape index (κ3) is 6.33. The molecule has 0 aromatic rings. The zero-order chi connectivity index (χ0) is 7.82. The SMILES string of the molecule is CC=CC#CC#CC(=O)O. The maximum absolute atomic E-state index is 9.77. The van der Waals surface area contributed by atoms with Crippen LogP contribution in [-0.2, 0) is 4.79 Å². The Morgan fingerprint density at radius 1 is 1.50 bits per heavy atom. The first-order chi connectivity index (χ1) is 4.77. The molecule has 0 saturated carbocycles. The van der Waals surface area contributed by atoms with E-state index in [4.69, 9.17) is 5.11 Å². The largest absolute Gasteiger partial charge is 0.472 e. The lowest BCUT2D eigenvalue weighted by Gasteiger charge is -1.64. The zero-order valence-electron chi connectivity index (χ0n) is 5.51. The highest BCUT2D eigenvalue weighted by Crippen LogP contribution is 1.63. The maximum atomic E-state index is 9.77. The predicted octanol–water partition coefficient (Wildman–Crippen LogP) is 0.654. The van der Waals surface area contributed by atoms with E-state index in [-0.39, 0.29) is 0 Å². The summed E-state index contributed by atoms with van der Waals surface area (Å²) in [5.74, 6) is 7.73. The number of rotatable bonds is 0. The van der Waals surface area contributed by atoms with Crippen molar-refractivity contribution in [1.29, 1.82) is 0 Å². The van der Waals surface area contributed by atoms with E-state index in [0.29, 0.717) is 0 Å². The van der Waals surface area contributed by atoms with Gasteiger partial charge in [-0.15, -0.1) is 0 Å². The number of carboxylic acid groups (broad SMARTS) is 1. The van der Waals surface area contributed by atoms with Gasteiger partial charge >= 0.3 is 5.97 Å². The molecule has 0 aliphatic heterocycles. The van der Waals surface area contributed by atoms with Gasteiger partial charge in [-0.05, 0) is 24.8 Å². The van der Waals surface area contributed by atoms with E-state index in [1.165, 1.54) is 0 Å². The van der Waals surface area contributed by atoms with E-state index in [0.717, 1.165) is 0 Å². The fourth-order valence-electron chi connectivity index (χ4n) is 0.246. The van der Waals surface area contributed by atoms with Gasteiger partial charge in [0.25, 0.3) is 0 Å². The molecule has 0 aromatic heterocycles. The minimum Gasteiger partial charge on any atom is -0.472 e. The van der Waals surface area contributed by atoms with Crippen LogP contribution in [0, 0.1) is 23.7 Å². The number of hydrogen-bond acceptors (Lipinski definition) is 1. The molecule has 0 spiro atoms. The number of allylic oxidation sites excluding steroid dienone is 2. The Kier molecular flexibility index (Phi) is 4.55. The van der Waals surface area contributed by atoms with E-state index in [1.54, 1.807) is 12.2 Å². The molecule has 0 radical (unpaired) electrons. The minimum atomic E-state index is -1.16. The average molecular weight is 134 g/mol. The first kappa shape index (κ1) is 8.33. The normalized spacial score (nSPS) is 7.30. The Labute approximate surface area is 59.6 Å². The van der Waals surface area contributed by atoms with Crippen molar-refractivity contribution in [2.75, 3.05) is 0 Å². The first-order valence-electron chi connectivity index (χ1n) is 2.63. The van der Waals surface area contributed by atoms with E-state index in [9.17, 15) is 4.79 Å². The third-order valence-corrected chi connectivity index (χ3v) is 0.554. The van der Waals surface area contributed by atoms with Crippen molar-refractivity contribution >= 4 is 5.97 Å². The van der Waals surface area contributed by atoms with Crippen molar-refractivity contribution in [3.8, 4) is 23.7 Å². The van der Waals surface area contributed by atoms with E-state index in [1.807, 2.05) is 12.8 Å². The second-order valence-electron chi connectivity index (χ2n) is 1.32. The van der Waals surface area contributed by atoms with Gasteiger partial charge in [0.15, 0.2) is 0 Å². The van der Waals surface area contributed by atoms with Gasteiger partial charge in [0.2, 0.25) is 0 Å². The molecule has 2 heteroatoms. The van der Waals surface area contributed by atoms with Gasteiger partial charge in [-0.2, -0.15) is 0 Å². The molecule has 0 heterocycles. The van der Waals surface area contributed by atoms with Crippen LogP contribution in [0.25, 0.3) is 0 Å². The molecule has 0 fully saturated rings. The second kappa shape index (κ2) is 5.47. The molecule has 0 amide bonds. The zero-order valence-corrected chi connectivity index (χ0v) is 5.51. The molecule has 2 nitrogen and oxygen atoms in total. The van der Waals surface area contributed by atoms with Crippen LogP contribution in [0.5, 0.6) is 0 Å². The highest BCUT2D eigenvalue weighted by Gasteiger charge is 1.77. The first-order valence-corrected chi connectivity index (χ1v) is 2.63. The fraction of sp³-hybridized carbons (Fsp3) is 0.125. The number of aliphatic carboxylic acids is 1. The van der Waals surface area contributed by atoms with Crippen LogP contribution in [0.1, 0.15) is 6.92 Å². The molecule has 50 valence electrons. The van der Waals surface area contributed by atoms with Gasteiger partial charge in [0.1, 0.15) is 0 Å². The van der Waals surface area contributed by atoms with Crippen molar-refractivity contribution < 1.29 is 9.90 Å². The van der Waals surface area contributed by atoms with Crippen molar-refractivity contribution in [3.63, 3.8) is 0 Å². The van der Waals surface area contributed by atoms with Crippen LogP contribution in [0.3, 0.4) is 0 Å². The van der Waals surface area contributed by atoms with Gasteiger partial charge in [0.05, 0.1) is 0 Å². The van der Waals surface area contributed by atoms with Crippen molar-refractivity contribution in [2.45, 2.75) is 6.92 Å². The van der Waals surface area contributed by atoms with Gasteiger partial charge in [0, 0.05) is 5.92 Å². The molecule has 0 rings (SSSR count). The molecule has 0 bridgehead atoms. The van der Waals surface area contributed by atoms with Gasteiger partial charge in [-0.25, -0.2) is 4.79 Å². The van der Waals surface area contributed by atoms with Crippen LogP contribution in [-0.4, -0.2) is 11.1 Å². The molecule has 0 aliphatic carbocycles. The Balaban J connectivity index is 3.90. The summed E-state index contributed by atoms with van der Waals surface area (Å²) in [5.41, 5.74) is 0. The van der Waals surface area contributed by atoms with E-state index in [2.05, 4.69) is 17.8 Å². The second-order valence-corrected chi connectivity index (χ2v) is 1.32. The maximum Gasteiger partial charge on any atom is 0.382 e. The van der Waals surface area contributed by atoms with Crippen molar-refractivity contribution in [2.24, 2.45) is 0 Å². The molecule has 0 aliphatic rings. The third-order valence-electron chi connectivity index (χ3n) is 0.554. The summed E-state index contributed by atoms with van der Waals surface area (Å²) >= 11 is 0. The lowest BCUT2D eigenvalue weighted by Crippen LogP contribution is -1.85. The summed E-state index contributed by atoms with van der Waals surface area (Å²) in [7, 11) is 0. The van der Waals surface area contributed by atoms with Crippen LogP contribution < -0.4 is 0 Å². The van der Waals surface area contributed by atoms with E-state index >= 15 is 0 Å². The summed E-state index contributed by atoms with van der Waals surface area (Å²) < 4.78 is 0. The quantitative estimate of drug-likeness (QED) is 0.494. The molecule has 0 saturated heterocycles. The smallest absolute Gasteiger partial charge is 0.382 e. The molecule has 0 unspecified atom stereocenters. The number of hydrogen-bond donors (Lipinski definition) is 1. The van der Waals surface area contributed by atoms with Crippen LogP contribution in [0.15, 0.2) is 12.2 Å². The summed E-state index contributed by atoms with van der Waals surface area (Å²) in [6.45, 7) is 1.82. The molecule has 0 aromatic carbocycles. The Hall–Kier alpha value is -1.67. The van der Waals surface area contributed by atoms with Crippen molar-refractivity contribution in [3.05, 3.63) is 12.2 Å². The summed E-state index contributed by atoms with van der Waals surface area (Å²) in [6, 6.07) is 0. The molecule has 10 heavy (non-hydrogen) atoms. The monoisotopic (exact) mass is 134 g/mol. The molecule has 1 N–H and O–H groups in total. The Morgan fingerprint density at radius 3 is 2.70 bits per heavy atom. The standard InChI is InChI=1S/C8H6O2/c1-2-3-4-5-6-7-8(9)10/h2-3H,1H3,(H,9,10). The lowest BCUT2D eigenvalue weighted by molar-refractivity contribution is -0.130. The fourth-order valence-corrected chi connectivity index (χ4v) is 0.246. The van der Waals surface area contributed by atoms with Crippen LogP contribution in [0.4, 0.5) is 0 Å². The average Bonchev–Trinajstić information content (AvgIpc) is 1.87. The van der Waals surface area contributed by atoms with Crippen LogP contribution in [0.2, 0.25) is 0 Å². The highest BCUT2D eigenvalue weighted by atomic mass is 16.4. The minimum absolute atomic E-state index is 1.16. The predicted molar refractivity (Wildman–Crippen MR) is 38.0 cm³/mol. The Bertz CT molecular complexity index is 252. The molecular formula is C8H6O2. The summed E-state index contributed by atoms with van der Waals surface area (Å²) in [6.07, 6.45) is 3.34. The molecular weight excluding hydrogens is 128 g/mol. The van der Waals surface area contributed by atoms with Crippen molar-refractivity contribution in [1.82, 2.24) is 0 Å². The number of carboxylic acids is 1. The van der Waals surface area contributed by atoms with Crippen LogP contribution >= 0.6 is 0 Å². The van der Waals surface area contributed by atoms with Gasteiger partial charge in [-0.1, -0.05) is 12.0 Å². The number of carbonyl (C=O) groups is 1. The highest BCUT2D eigenvalue weighted by molar-refractivity contribution is 5.87. The summed E-state index contributed by atoms with van der Waals surface area (Å²) in [5, 5.41) is 8.01. The lowest BCUT2D eigenvalue weighted by atomic mass is 10.5. The van der Waals surface area contributed by atoms with Gasteiger partial charge in [-0.3, -0.25) is 0 Å². The van der Waals surface area contributed by atoms with E-state index < -0.39 is 5.97 Å². The Morgan fingerprint density at radius 2 is 2.20 bits per heavy atom.